The summed E-state index contributed by atoms with van der Waals surface area (Å²) in [7, 11) is 0. The second-order valence-electron chi connectivity index (χ2n) is 7.49. The zero-order chi connectivity index (χ0) is 21.6. The van der Waals surface area contributed by atoms with Crippen molar-refractivity contribution < 1.29 is 9.59 Å². The van der Waals surface area contributed by atoms with Crippen LogP contribution < -0.4 is 15.5 Å². The Kier molecular flexibility index (Phi) is 6.21. The van der Waals surface area contributed by atoms with Crippen LogP contribution in [0.15, 0.2) is 55.2 Å². The summed E-state index contributed by atoms with van der Waals surface area (Å²) in [4.78, 5) is 35.7. The molecule has 0 spiro atoms. The van der Waals surface area contributed by atoms with E-state index in [0.717, 1.165) is 31.7 Å². The summed E-state index contributed by atoms with van der Waals surface area (Å²) in [5.74, 6) is 0.319. The van der Waals surface area contributed by atoms with Crippen LogP contribution in [-0.4, -0.2) is 44.7 Å². The van der Waals surface area contributed by atoms with Crippen molar-refractivity contribution in [1.82, 2.24) is 19.7 Å². The molecule has 1 aliphatic heterocycles. The minimum Gasteiger partial charge on any atom is -0.356 e. The predicted octanol–water partition coefficient (Wildman–Crippen LogP) is 3.12. The molecule has 1 unspecified atom stereocenters. The molecular weight excluding hydrogens is 394 g/mol. The number of aromatic nitrogens is 4. The second kappa shape index (κ2) is 9.38. The van der Waals surface area contributed by atoms with Gasteiger partial charge in [0.25, 0.3) is 5.91 Å². The topological polar surface area (TPSA) is 105 Å². The Morgan fingerprint density at radius 1 is 1.00 bits per heavy atom. The summed E-state index contributed by atoms with van der Waals surface area (Å²) in [6, 6.07) is 10.1. The molecule has 1 atom stereocenters. The van der Waals surface area contributed by atoms with Crippen molar-refractivity contribution in [2.45, 2.75) is 32.2 Å². The van der Waals surface area contributed by atoms with E-state index in [1.807, 2.05) is 0 Å². The minimum absolute atomic E-state index is 0.203. The first kappa shape index (κ1) is 20.5. The van der Waals surface area contributed by atoms with E-state index in [1.165, 1.54) is 23.8 Å². The fraction of sp³-hybridized carbons (Fsp3) is 0.318. The smallest absolute Gasteiger partial charge is 0.259 e. The molecule has 2 N–H and O–H groups in total. The van der Waals surface area contributed by atoms with Gasteiger partial charge >= 0.3 is 0 Å². The number of piperidine rings is 1. The molecule has 0 saturated carbocycles. The molecule has 9 heteroatoms. The lowest BCUT2D eigenvalue weighted by molar-refractivity contribution is -0.119. The maximum Gasteiger partial charge on any atom is 0.259 e. The van der Waals surface area contributed by atoms with E-state index in [4.69, 9.17) is 0 Å². The number of benzene rings is 1. The van der Waals surface area contributed by atoms with E-state index >= 15 is 0 Å². The van der Waals surface area contributed by atoms with Gasteiger partial charge in [0.15, 0.2) is 0 Å². The molecular formula is C22H25N7O2. The van der Waals surface area contributed by atoms with E-state index in [9.17, 15) is 9.59 Å². The van der Waals surface area contributed by atoms with Gasteiger partial charge in [0.05, 0.1) is 5.56 Å². The Morgan fingerprint density at radius 2 is 1.71 bits per heavy atom. The molecule has 160 valence electrons. The van der Waals surface area contributed by atoms with Gasteiger partial charge in [-0.05, 0) is 62.6 Å². The molecule has 0 radical (unpaired) electrons. The fourth-order valence-electron chi connectivity index (χ4n) is 3.55. The molecule has 31 heavy (non-hydrogen) atoms. The highest BCUT2D eigenvalue weighted by Crippen LogP contribution is 2.23. The van der Waals surface area contributed by atoms with E-state index < -0.39 is 6.04 Å². The van der Waals surface area contributed by atoms with Crippen LogP contribution in [0.3, 0.4) is 0 Å². The largest absolute Gasteiger partial charge is 0.356 e. The van der Waals surface area contributed by atoms with Gasteiger partial charge in [0.2, 0.25) is 5.91 Å². The molecule has 1 saturated heterocycles. The minimum atomic E-state index is -0.485. The molecule has 0 aliphatic carbocycles. The lowest BCUT2D eigenvalue weighted by Gasteiger charge is -2.29. The standard InChI is InChI=1S/C22H25N7O2/c1-16(29-15-23-14-25-29)21(30)26-17-7-9-18(10-8-17)27-22(31)19-6-5-11-24-20(19)28-12-3-2-4-13-28/h5-11,14-16H,2-4,12-13H2,1H3,(H,26,30)(H,27,31). The third-order valence-corrected chi connectivity index (χ3v) is 5.31. The number of pyridine rings is 1. The summed E-state index contributed by atoms with van der Waals surface area (Å²) in [6.07, 6.45) is 8.05. The number of nitrogens with zero attached hydrogens (tertiary/aromatic N) is 5. The normalized spacial score (nSPS) is 14.7. The summed E-state index contributed by atoms with van der Waals surface area (Å²) in [5, 5.41) is 9.74. The van der Waals surface area contributed by atoms with Crippen LogP contribution in [-0.2, 0) is 4.79 Å². The maximum absolute atomic E-state index is 12.9. The summed E-state index contributed by atoms with van der Waals surface area (Å²) < 4.78 is 1.48. The molecule has 9 nitrogen and oxygen atoms in total. The molecule has 4 rings (SSSR count). The van der Waals surface area contributed by atoms with E-state index in [1.54, 1.807) is 49.5 Å². The number of nitrogens with one attached hydrogen (secondary N) is 2. The number of rotatable bonds is 6. The quantitative estimate of drug-likeness (QED) is 0.636. The monoisotopic (exact) mass is 419 g/mol. The number of hydrogen-bond acceptors (Lipinski definition) is 6. The van der Waals surface area contributed by atoms with Crippen LogP contribution in [0.5, 0.6) is 0 Å². The van der Waals surface area contributed by atoms with Crippen LogP contribution in [0.4, 0.5) is 17.2 Å². The Morgan fingerprint density at radius 3 is 2.39 bits per heavy atom. The van der Waals surface area contributed by atoms with Gasteiger partial charge in [-0.25, -0.2) is 14.6 Å². The van der Waals surface area contributed by atoms with Gasteiger partial charge in [-0.15, -0.1) is 0 Å². The maximum atomic E-state index is 12.9. The van der Waals surface area contributed by atoms with Gasteiger partial charge < -0.3 is 15.5 Å². The van der Waals surface area contributed by atoms with Gasteiger partial charge in [0, 0.05) is 30.7 Å². The van der Waals surface area contributed by atoms with Crippen LogP contribution in [0.2, 0.25) is 0 Å². The van der Waals surface area contributed by atoms with E-state index in [0.29, 0.717) is 16.9 Å². The van der Waals surface area contributed by atoms with Crippen molar-refractivity contribution in [1.29, 1.82) is 0 Å². The van der Waals surface area contributed by atoms with E-state index in [2.05, 4.69) is 30.6 Å². The Bertz CT molecular complexity index is 1030. The number of amides is 2. The lowest BCUT2D eigenvalue weighted by atomic mass is 10.1. The third-order valence-electron chi connectivity index (χ3n) is 5.31. The highest BCUT2D eigenvalue weighted by molar-refractivity contribution is 6.07. The lowest BCUT2D eigenvalue weighted by Crippen LogP contribution is -2.32. The zero-order valence-corrected chi connectivity index (χ0v) is 17.4. The average molecular weight is 419 g/mol. The van der Waals surface area contributed by atoms with Crippen LogP contribution in [0.25, 0.3) is 0 Å². The van der Waals surface area contributed by atoms with Crippen molar-refractivity contribution >= 4 is 29.0 Å². The highest BCUT2D eigenvalue weighted by Gasteiger charge is 2.20. The SMILES string of the molecule is CC(C(=O)Nc1ccc(NC(=O)c2cccnc2N2CCCCC2)cc1)n1cncn1. The molecule has 2 aromatic heterocycles. The summed E-state index contributed by atoms with van der Waals surface area (Å²) >= 11 is 0. The average Bonchev–Trinajstić information content (AvgIpc) is 3.35. The van der Waals surface area contributed by atoms with Crippen LogP contribution >= 0.6 is 0 Å². The number of carbonyl (C=O) groups excluding carboxylic acids is 2. The number of anilines is 3. The van der Waals surface area contributed by atoms with Gasteiger partial charge in [-0.1, -0.05) is 0 Å². The highest BCUT2D eigenvalue weighted by atomic mass is 16.2. The van der Waals surface area contributed by atoms with Crippen LogP contribution in [0, 0.1) is 0 Å². The predicted molar refractivity (Wildman–Crippen MR) is 118 cm³/mol. The van der Waals surface area contributed by atoms with Crippen LogP contribution in [0.1, 0.15) is 42.6 Å². The van der Waals surface area contributed by atoms with Gasteiger partial charge in [0.1, 0.15) is 24.5 Å². The third kappa shape index (κ3) is 4.88. The first-order valence-electron chi connectivity index (χ1n) is 10.4. The molecule has 3 aromatic rings. The summed E-state index contributed by atoms with van der Waals surface area (Å²) in [5.41, 5.74) is 1.83. The molecule has 3 heterocycles. The molecule has 0 bridgehead atoms. The Balaban J connectivity index is 1.40. The van der Waals surface area contributed by atoms with E-state index in [-0.39, 0.29) is 11.8 Å². The first-order valence-corrected chi connectivity index (χ1v) is 10.4. The molecule has 1 aliphatic rings. The van der Waals surface area contributed by atoms with Gasteiger partial charge in [-0.2, -0.15) is 5.10 Å². The van der Waals surface area contributed by atoms with Crippen molar-refractivity contribution in [3.8, 4) is 0 Å². The zero-order valence-electron chi connectivity index (χ0n) is 17.4. The first-order chi connectivity index (χ1) is 15.1. The fourth-order valence-corrected chi connectivity index (χ4v) is 3.55. The van der Waals surface area contributed by atoms with Crippen molar-refractivity contribution in [2.24, 2.45) is 0 Å². The summed E-state index contributed by atoms with van der Waals surface area (Å²) in [6.45, 7) is 3.57. The number of hydrogen-bond donors (Lipinski definition) is 2. The molecule has 1 fully saturated rings. The van der Waals surface area contributed by atoms with Crippen molar-refractivity contribution in [3.63, 3.8) is 0 Å². The van der Waals surface area contributed by atoms with Gasteiger partial charge in [-0.3, -0.25) is 9.59 Å². The Hall–Kier alpha value is -3.75. The molecule has 2 amide bonds. The molecule has 1 aromatic carbocycles. The van der Waals surface area contributed by atoms with Crippen molar-refractivity contribution in [2.75, 3.05) is 28.6 Å². The second-order valence-corrected chi connectivity index (χ2v) is 7.49. The van der Waals surface area contributed by atoms with Crippen molar-refractivity contribution in [3.05, 3.63) is 60.8 Å². The Labute approximate surface area is 180 Å². The number of carbonyl (C=O) groups is 2.